The first-order valence-electron chi connectivity index (χ1n) is 6.34. The Bertz CT molecular complexity index is 432. The average Bonchev–Trinajstić information content (AvgIpc) is 2.32. The van der Waals surface area contributed by atoms with Crippen LogP contribution in [0, 0.1) is 5.82 Å². The molecule has 0 amide bonds. The van der Waals surface area contributed by atoms with Crippen molar-refractivity contribution in [1.29, 1.82) is 0 Å². The zero-order chi connectivity index (χ0) is 15.3. The minimum Gasteiger partial charge on any atom is -0.359 e. The topological polar surface area (TPSA) is 28.2 Å². The van der Waals surface area contributed by atoms with Gasteiger partial charge in [0.1, 0.15) is 11.6 Å². The van der Waals surface area contributed by atoms with Crippen molar-refractivity contribution < 1.29 is 17.6 Å². The molecule has 0 spiro atoms. The van der Waals surface area contributed by atoms with Gasteiger partial charge in [-0.05, 0) is 6.07 Å². The van der Waals surface area contributed by atoms with Crippen molar-refractivity contribution in [3.8, 4) is 0 Å². The molecule has 0 saturated heterocycles. The molecule has 0 saturated carbocycles. The lowest BCUT2D eigenvalue weighted by Crippen LogP contribution is -2.28. The van der Waals surface area contributed by atoms with Gasteiger partial charge in [-0.15, -0.1) is 0 Å². The predicted octanol–water partition coefficient (Wildman–Crippen LogP) is 3.11. The number of nitrogens with one attached hydrogen (secondary N) is 1. The van der Waals surface area contributed by atoms with Crippen molar-refractivity contribution >= 4 is 5.82 Å². The molecule has 0 unspecified atom stereocenters. The van der Waals surface area contributed by atoms with E-state index in [0.29, 0.717) is 17.9 Å². The maximum absolute atomic E-state index is 13.2. The van der Waals surface area contributed by atoms with Crippen LogP contribution in [-0.4, -0.2) is 30.8 Å². The summed E-state index contributed by atoms with van der Waals surface area (Å²) in [5.41, 5.74) is 0.545. The first-order chi connectivity index (χ1) is 9.19. The van der Waals surface area contributed by atoms with Crippen molar-refractivity contribution in [3.63, 3.8) is 0 Å². The van der Waals surface area contributed by atoms with Gasteiger partial charge < -0.3 is 10.2 Å². The molecular formula is C13H19F4N3. The fraction of sp³-hybridized carbons (Fsp3) is 0.615. The summed E-state index contributed by atoms with van der Waals surface area (Å²) in [6.45, 7) is 4.00. The number of hydrogen-bond donors (Lipinski definition) is 1. The second-order valence-electron chi connectivity index (χ2n) is 4.96. The van der Waals surface area contributed by atoms with E-state index in [2.05, 4.69) is 10.3 Å². The lowest BCUT2D eigenvalue weighted by atomic mass is 10.2. The van der Waals surface area contributed by atoms with Crippen LogP contribution < -0.4 is 10.2 Å². The zero-order valence-corrected chi connectivity index (χ0v) is 11.8. The summed E-state index contributed by atoms with van der Waals surface area (Å²) < 4.78 is 49.9. The first kappa shape index (κ1) is 16.7. The second kappa shape index (κ2) is 6.88. The number of hydrogen-bond acceptors (Lipinski definition) is 3. The third kappa shape index (κ3) is 5.73. The minimum atomic E-state index is -4.22. The van der Waals surface area contributed by atoms with Gasteiger partial charge in [0.05, 0.1) is 12.6 Å². The highest BCUT2D eigenvalue weighted by Crippen LogP contribution is 2.23. The summed E-state index contributed by atoms with van der Waals surface area (Å²) in [5.74, 6) is -0.137. The molecule has 0 aliphatic heterocycles. The summed E-state index contributed by atoms with van der Waals surface area (Å²) in [4.78, 5) is 5.29. The van der Waals surface area contributed by atoms with Crippen LogP contribution in [0.5, 0.6) is 0 Å². The number of rotatable bonds is 6. The van der Waals surface area contributed by atoms with E-state index in [9.17, 15) is 17.6 Å². The lowest BCUT2D eigenvalue weighted by Gasteiger charge is -2.22. The molecule has 0 aliphatic rings. The van der Waals surface area contributed by atoms with Crippen LogP contribution in [0.4, 0.5) is 23.4 Å². The Kier molecular flexibility index (Phi) is 5.74. The van der Waals surface area contributed by atoms with E-state index < -0.39 is 18.4 Å². The van der Waals surface area contributed by atoms with E-state index in [0.717, 1.165) is 6.20 Å². The van der Waals surface area contributed by atoms with E-state index in [4.69, 9.17) is 0 Å². The fourth-order valence-corrected chi connectivity index (χ4v) is 1.66. The summed E-state index contributed by atoms with van der Waals surface area (Å²) in [6.07, 6.45) is -4.14. The smallest absolute Gasteiger partial charge is 0.359 e. The molecule has 1 aromatic rings. The molecule has 0 aromatic carbocycles. The number of alkyl halides is 3. The normalized spacial score (nSPS) is 12.0. The van der Waals surface area contributed by atoms with E-state index in [1.165, 1.54) is 18.0 Å². The molecule has 1 aromatic heterocycles. The van der Waals surface area contributed by atoms with E-state index >= 15 is 0 Å². The van der Waals surface area contributed by atoms with Gasteiger partial charge in [-0.25, -0.2) is 9.37 Å². The SMILES string of the molecule is CC(C)NCc1cc(F)cnc1N(C)CCC(F)(F)F. The van der Waals surface area contributed by atoms with E-state index in [1.807, 2.05) is 13.8 Å². The molecule has 1 heterocycles. The van der Waals surface area contributed by atoms with Crippen LogP contribution >= 0.6 is 0 Å². The molecule has 114 valence electrons. The number of nitrogens with zero attached hydrogens (tertiary/aromatic N) is 2. The number of aromatic nitrogens is 1. The molecule has 0 fully saturated rings. The highest BCUT2D eigenvalue weighted by Gasteiger charge is 2.27. The van der Waals surface area contributed by atoms with Gasteiger partial charge in [-0.2, -0.15) is 13.2 Å². The van der Waals surface area contributed by atoms with Crippen molar-refractivity contribution in [2.45, 2.75) is 39.0 Å². The van der Waals surface area contributed by atoms with Crippen LogP contribution in [0.3, 0.4) is 0 Å². The van der Waals surface area contributed by atoms with Gasteiger partial charge in [-0.3, -0.25) is 0 Å². The molecule has 0 bridgehead atoms. The number of halogens is 4. The van der Waals surface area contributed by atoms with E-state index in [1.54, 1.807) is 0 Å². The Hall–Kier alpha value is -1.37. The van der Waals surface area contributed by atoms with Crippen molar-refractivity contribution in [1.82, 2.24) is 10.3 Å². The Morgan fingerprint density at radius 1 is 1.35 bits per heavy atom. The lowest BCUT2D eigenvalue weighted by molar-refractivity contribution is -0.132. The average molecular weight is 293 g/mol. The third-order valence-electron chi connectivity index (χ3n) is 2.70. The first-order valence-corrected chi connectivity index (χ1v) is 6.34. The van der Waals surface area contributed by atoms with Crippen molar-refractivity contribution in [2.24, 2.45) is 0 Å². The molecule has 3 nitrogen and oxygen atoms in total. The van der Waals surface area contributed by atoms with Crippen molar-refractivity contribution in [2.75, 3.05) is 18.5 Å². The highest BCUT2D eigenvalue weighted by molar-refractivity contribution is 5.46. The standard InChI is InChI=1S/C13H19F4N3/c1-9(2)18-7-10-6-11(14)8-19-12(10)20(3)5-4-13(15,16)17/h6,8-9,18H,4-5,7H2,1-3H3. The van der Waals surface area contributed by atoms with Gasteiger partial charge in [0.25, 0.3) is 0 Å². The zero-order valence-electron chi connectivity index (χ0n) is 11.8. The van der Waals surface area contributed by atoms with Gasteiger partial charge in [0, 0.05) is 31.7 Å². The summed E-state index contributed by atoms with van der Waals surface area (Å²) in [6, 6.07) is 1.48. The summed E-state index contributed by atoms with van der Waals surface area (Å²) >= 11 is 0. The summed E-state index contributed by atoms with van der Waals surface area (Å²) in [7, 11) is 1.52. The Balaban J connectivity index is 2.81. The minimum absolute atomic E-state index is 0.187. The van der Waals surface area contributed by atoms with Crippen molar-refractivity contribution in [3.05, 3.63) is 23.6 Å². The Morgan fingerprint density at radius 3 is 2.55 bits per heavy atom. The van der Waals surface area contributed by atoms with Crippen LogP contribution in [0.15, 0.2) is 12.3 Å². The number of pyridine rings is 1. The van der Waals surface area contributed by atoms with E-state index in [-0.39, 0.29) is 12.6 Å². The molecule has 0 atom stereocenters. The van der Waals surface area contributed by atoms with Crippen LogP contribution in [0.25, 0.3) is 0 Å². The molecule has 1 N–H and O–H groups in total. The summed E-state index contributed by atoms with van der Waals surface area (Å²) in [5, 5.41) is 3.10. The fourth-order valence-electron chi connectivity index (χ4n) is 1.66. The van der Waals surface area contributed by atoms with Crippen LogP contribution in [0.1, 0.15) is 25.8 Å². The maximum atomic E-state index is 13.2. The largest absolute Gasteiger partial charge is 0.390 e. The third-order valence-corrected chi connectivity index (χ3v) is 2.70. The van der Waals surface area contributed by atoms with Crippen LogP contribution in [-0.2, 0) is 6.54 Å². The molecule has 0 radical (unpaired) electrons. The molecule has 1 rings (SSSR count). The maximum Gasteiger partial charge on any atom is 0.390 e. The van der Waals surface area contributed by atoms with Crippen LogP contribution in [0.2, 0.25) is 0 Å². The quantitative estimate of drug-likeness (QED) is 0.817. The Morgan fingerprint density at radius 2 is 2.00 bits per heavy atom. The molecular weight excluding hydrogens is 274 g/mol. The molecule has 7 heteroatoms. The molecule has 0 aliphatic carbocycles. The van der Waals surface area contributed by atoms with Gasteiger partial charge in [0.2, 0.25) is 0 Å². The Labute approximate surface area is 116 Å². The monoisotopic (exact) mass is 293 g/mol. The predicted molar refractivity (Wildman–Crippen MR) is 70.1 cm³/mol. The second-order valence-corrected chi connectivity index (χ2v) is 4.96. The van der Waals surface area contributed by atoms with Gasteiger partial charge >= 0.3 is 6.18 Å². The van der Waals surface area contributed by atoms with Gasteiger partial charge in [-0.1, -0.05) is 13.8 Å². The number of anilines is 1. The highest BCUT2D eigenvalue weighted by atomic mass is 19.4. The molecule has 20 heavy (non-hydrogen) atoms. The van der Waals surface area contributed by atoms with Gasteiger partial charge in [0.15, 0.2) is 0 Å².